The van der Waals surface area contributed by atoms with Gasteiger partial charge in [0.25, 0.3) is 5.69 Å². The number of hydrogen-bond donors (Lipinski definition) is 1. The summed E-state index contributed by atoms with van der Waals surface area (Å²) in [4.78, 5) is 14.7. The molecule has 6 heteroatoms. The van der Waals surface area contributed by atoms with Crippen molar-refractivity contribution in [1.29, 1.82) is 0 Å². The topological polar surface area (TPSA) is 73.0 Å². The number of non-ortho nitro benzene ring substituents is 1. The Morgan fingerprint density at radius 2 is 2.22 bits per heavy atom. The third-order valence-electron chi connectivity index (χ3n) is 2.71. The molecule has 2 aromatic rings. The number of rotatable bonds is 4. The minimum atomic E-state index is -0.396. The van der Waals surface area contributed by atoms with Crippen LogP contribution in [0.2, 0.25) is 0 Å². The number of nitrogens with zero attached hydrogens (tertiary/aromatic N) is 3. The minimum absolute atomic E-state index is 0.0626. The van der Waals surface area contributed by atoms with E-state index in [0.29, 0.717) is 5.69 Å². The Labute approximate surface area is 104 Å². The number of nitro benzene ring substituents is 1. The molecule has 0 radical (unpaired) electrons. The molecule has 0 spiro atoms. The van der Waals surface area contributed by atoms with Gasteiger partial charge in [-0.3, -0.25) is 10.1 Å². The number of imidazole rings is 1. The van der Waals surface area contributed by atoms with Gasteiger partial charge >= 0.3 is 0 Å². The van der Waals surface area contributed by atoms with Crippen molar-refractivity contribution in [3.63, 3.8) is 0 Å². The second-order valence-corrected chi connectivity index (χ2v) is 3.81. The zero-order valence-corrected chi connectivity index (χ0v) is 10.3. The predicted molar refractivity (Wildman–Crippen MR) is 69.1 cm³/mol. The molecule has 6 nitrogen and oxygen atoms in total. The molecular weight excluding hydrogens is 232 g/mol. The van der Waals surface area contributed by atoms with Crippen LogP contribution >= 0.6 is 0 Å². The molecule has 94 valence electrons. The van der Waals surface area contributed by atoms with E-state index in [1.807, 2.05) is 17.6 Å². The van der Waals surface area contributed by atoms with Crippen LogP contribution in [0.25, 0.3) is 5.69 Å². The minimum Gasteiger partial charge on any atom is -0.388 e. The Hall–Kier alpha value is -2.37. The fourth-order valence-electron chi connectivity index (χ4n) is 1.81. The third-order valence-corrected chi connectivity index (χ3v) is 2.71. The number of anilines is 1. The number of benzene rings is 1. The first-order valence-corrected chi connectivity index (χ1v) is 5.65. The first-order valence-electron chi connectivity index (χ1n) is 5.65. The summed E-state index contributed by atoms with van der Waals surface area (Å²) in [6.45, 7) is 2.00. The van der Waals surface area contributed by atoms with Crippen molar-refractivity contribution < 1.29 is 4.92 Å². The molecule has 2 rings (SSSR count). The maximum Gasteiger partial charge on any atom is 0.273 e. The van der Waals surface area contributed by atoms with Crippen molar-refractivity contribution in [1.82, 2.24) is 9.55 Å². The number of hydrogen-bond acceptors (Lipinski definition) is 4. The maximum absolute atomic E-state index is 10.9. The summed E-state index contributed by atoms with van der Waals surface area (Å²) in [7, 11) is 1.73. The van der Waals surface area contributed by atoms with Gasteiger partial charge in [0.1, 0.15) is 5.82 Å². The molecule has 1 heterocycles. The van der Waals surface area contributed by atoms with Gasteiger partial charge in [-0.05, 0) is 6.07 Å². The van der Waals surface area contributed by atoms with Crippen molar-refractivity contribution >= 4 is 11.4 Å². The zero-order chi connectivity index (χ0) is 13.1. The number of nitro groups is 1. The van der Waals surface area contributed by atoms with Crippen molar-refractivity contribution in [3.8, 4) is 5.69 Å². The first-order chi connectivity index (χ1) is 8.65. The Bertz CT molecular complexity index is 577. The van der Waals surface area contributed by atoms with Gasteiger partial charge in [0.15, 0.2) is 0 Å². The van der Waals surface area contributed by atoms with Crippen molar-refractivity contribution in [2.24, 2.45) is 0 Å². The Morgan fingerprint density at radius 3 is 2.83 bits per heavy atom. The standard InChI is InChI=1S/C12H14N4O2/c1-3-12-14-4-5-15(12)10-6-9(13-2)7-11(8-10)16(17)18/h4-8,13H,3H2,1-2H3. The van der Waals surface area contributed by atoms with Crippen LogP contribution in [-0.4, -0.2) is 21.5 Å². The van der Waals surface area contributed by atoms with E-state index in [1.54, 1.807) is 25.5 Å². The van der Waals surface area contributed by atoms with Crippen LogP contribution < -0.4 is 5.32 Å². The molecule has 0 atom stereocenters. The number of nitrogens with one attached hydrogen (secondary N) is 1. The van der Waals surface area contributed by atoms with E-state index in [-0.39, 0.29) is 5.69 Å². The monoisotopic (exact) mass is 246 g/mol. The summed E-state index contributed by atoms with van der Waals surface area (Å²) in [6.07, 6.45) is 4.26. The van der Waals surface area contributed by atoms with Gasteiger partial charge in [0.05, 0.1) is 10.6 Å². The van der Waals surface area contributed by atoms with Crippen LogP contribution in [0.3, 0.4) is 0 Å². The highest BCUT2D eigenvalue weighted by Crippen LogP contribution is 2.24. The van der Waals surface area contributed by atoms with Crippen LogP contribution in [-0.2, 0) is 6.42 Å². The van der Waals surface area contributed by atoms with Crippen molar-refractivity contribution in [2.75, 3.05) is 12.4 Å². The molecule has 0 unspecified atom stereocenters. The van der Waals surface area contributed by atoms with Gasteiger partial charge < -0.3 is 9.88 Å². The first kappa shape index (κ1) is 12.1. The normalized spacial score (nSPS) is 10.3. The molecule has 0 aliphatic heterocycles. The SMILES string of the molecule is CCc1nccn1-c1cc(NC)cc([N+](=O)[O-])c1. The van der Waals surface area contributed by atoms with Crippen molar-refractivity contribution in [3.05, 3.63) is 46.5 Å². The van der Waals surface area contributed by atoms with Crippen molar-refractivity contribution in [2.45, 2.75) is 13.3 Å². The van der Waals surface area contributed by atoms with Crippen LogP contribution in [0.5, 0.6) is 0 Å². The van der Waals surface area contributed by atoms with Gasteiger partial charge in [0, 0.05) is 43.7 Å². The summed E-state index contributed by atoms with van der Waals surface area (Å²) in [5.41, 5.74) is 1.51. The summed E-state index contributed by atoms with van der Waals surface area (Å²) in [5.74, 6) is 0.873. The van der Waals surface area contributed by atoms with Crippen LogP contribution in [0.4, 0.5) is 11.4 Å². The average Bonchev–Trinajstić information content (AvgIpc) is 2.86. The quantitative estimate of drug-likeness (QED) is 0.664. The van der Waals surface area contributed by atoms with Gasteiger partial charge in [0.2, 0.25) is 0 Å². The summed E-state index contributed by atoms with van der Waals surface area (Å²) in [5, 5.41) is 13.8. The molecule has 0 saturated carbocycles. The maximum atomic E-state index is 10.9. The van der Waals surface area contributed by atoms with Crippen LogP contribution in [0.15, 0.2) is 30.6 Å². The van der Waals surface area contributed by atoms with Gasteiger partial charge in [-0.1, -0.05) is 6.92 Å². The second-order valence-electron chi connectivity index (χ2n) is 3.81. The molecule has 18 heavy (non-hydrogen) atoms. The van der Waals surface area contributed by atoms with E-state index in [1.165, 1.54) is 6.07 Å². The van der Waals surface area contributed by atoms with E-state index in [9.17, 15) is 10.1 Å². The van der Waals surface area contributed by atoms with E-state index in [0.717, 1.165) is 17.9 Å². The lowest BCUT2D eigenvalue weighted by Crippen LogP contribution is -2.01. The van der Waals surface area contributed by atoms with E-state index in [2.05, 4.69) is 10.3 Å². The molecule has 1 aromatic heterocycles. The largest absolute Gasteiger partial charge is 0.388 e. The number of aryl methyl sites for hydroxylation is 1. The highest BCUT2D eigenvalue weighted by Gasteiger charge is 2.11. The third kappa shape index (κ3) is 2.17. The molecule has 0 bridgehead atoms. The van der Waals surface area contributed by atoms with Crippen LogP contribution in [0, 0.1) is 10.1 Å². The van der Waals surface area contributed by atoms with Gasteiger partial charge in [-0.25, -0.2) is 4.98 Å². The zero-order valence-electron chi connectivity index (χ0n) is 10.3. The highest BCUT2D eigenvalue weighted by atomic mass is 16.6. The summed E-state index contributed by atoms with van der Waals surface area (Å²) < 4.78 is 1.86. The number of aromatic nitrogens is 2. The lowest BCUT2D eigenvalue weighted by molar-refractivity contribution is -0.384. The van der Waals surface area contributed by atoms with Gasteiger partial charge in [-0.15, -0.1) is 0 Å². The summed E-state index contributed by atoms with van der Waals surface area (Å²) in [6, 6.07) is 4.90. The molecule has 0 saturated heterocycles. The molecule has 0 fully saturated rings. The molecular formula is C12H14N4O2. The van der Waals surface area contributed by atoms with E-state index in [4.69, 9.17) is 0 Å². The summed E-state index contributed by atoms with van der Waals surface area (Å²) >= 11 is 0. The van der Waals surface area contributed by atoms with Crippen LogP contribution in [0.1, 0.15) is 12.7 Å². The lowest BCUT2D eigenvalue weighted by atomic mass is 10.2. The average molecular weight is 246 g/mol. The Balaban J connectivity index is 2.56. The molecule has 0 aliphatic carbocycles. The van der Waals surface area contributed by atoms with E-state index >= 15 is 0 Å². The molecule has 0 amide bonds. The molecule has 1 aromatic carbocycles. The Morgan fingerprint density at radius 1 is 1.44 bits per heavy atom. The predicted octanol–water partition coefficient (Wildman–Crippen LogP) is 2.38. The fourth-order valence-corrected chi connectivity index (χ4v) is 1.81. The lowest BCUT2D eigenvalue weighted by Gasteiger charge is -2.08. The fraction of sp³-hybridized carbons (Fsp3) is 0.250. The molecule has 1 N–H and O–H groups in total. The Kier molecular flexibility index (Phi) is 3.27. The van der Waals surface area contributed by atoms with Gasteiger partial charge in [-0.2, -0.15) is 0 Å². The van der Waals surface area contributed by atoms with E-state index < -0.39 is 4.92 Å². The smallest absolute Gasteiger partial charge is 0.273 e. The second kappa shape index (κ2) is 4.87. The highest BCUT2D eigenvalue weighted by molar-refractivity contribution is 5.58. The molecule has 0 aliphatic rings.